The van der Waals surface area contributed by atoms with E-state index in [0.29, 0.717) is 16.9 Å². The van der Waals surface area contributed by atoms with Gasteiger partial charge in [-0.25, -0.2) is 4.68 Å². The zero-order valence-electron chi connectivity index (χ0n) is 15.3. The normalized spacial score (nSPS) is 11.3. The summed E-state index contributed by atoms with van der Waals surface area (Å²) in [6.45, 7) is 5.72. The van der Waals surface area contributed by atoms with Gasteiger partial charge in [0.05, 0.1) is 26.2 Å². The van der Waals surface area contributed by atoms with Crippen molar-refractivity contribution in [3.63, 3.8) is 0 Å². The van der Waals surface area contributed by atoms with Crippen molar-refractivity contribution in [3.8, 4) is 5.69 Å². The van der Waals surface area contributed by atoms with Crippen molar-refractivity contribution in [2.24, 2.45) is 4.99 Å². The highest BCUT2D eigenvalue weighted by Crippen LogP contribution is 2.36. The molecule has 7 nitrogen and oxygen atoms in total. The average Bonchev–Trinajstić information content (AvgIpc) is 2.91. The summed E-state index contributed by atoms with van der Waals surface area (Å²) < 4.78 is 1.43. The minimum Gasteiger partial charge on any atom is -0.295 e. The van der Waals surface area contributed by atoms with Crippen LogP contribution in [0.25, 0.3) is 5.69 Å². The number of hydrogen-bond donors (Lipinski definition) is 1. The predicted molar refractivity (Wildman–Crippen MR) is 111 cm³/mol. The SMILES string of the molecule is Cc1ccc(-n2[nH]c(C)c(C=Nc3c(Cl)cc([N+](=O)[O-])cc3Cl)c2=O)cc1C. The largest absolute Gasteiger partial charge is 0.295 e. The van der Waals surface area contributed by atoms with E-state index < -0.39 is 4.92 Å². The third kappa shape index (κ3) is 3.72. The molecule has 0 spiro atoms. The van der Waals surface area contributed by atoms with Crippen molar-refractivity contribution in [1.29, 1.82) is 0 Å². The highest BCUT2D eigenvalue weighted by Gasteiger charge is 2.15. The molecule has 3 aromatic rings. The fourth-order valence-electron chi connectivity index (χ4n) is 2.67. The summed E-state index contributed by atoms with van der Waals surface area (Å²) in [5.74, 6) is 0. The van der Waals surface area contributed by atoms with Crippen molar-refractivity contribution < 1.29 is 4.92 Å². The van der Waals surface area contributed by atoms with E-state index in [0.717, 1.165) is 23.3 Å². The van der Waals surface area contributed by atoms with E-state index in [1.165, 1.54) is 10.9 Å². The van der Waals surface area contributed by atoms with Crippen LogP contribution in [0.4, 0.5) is 11.4 Å². The number of aliphatic imine (C=N–C) groups is 1. The van der Waals surface area contributed by atoms with Crippen molar-refractivity contribution in [2.45, 2.75) is 20.8 Å². The number of aromatic nitrogens is 2. The molecule has 0 saturated heterocycles. The van der Waals surface area contributed by atoms with E-state index in [1.807, 2.05) is 32.0 Å². The zero-order chi connectivity index (χ0) is 20.6. The van der Waals surface area contributed by atoms with Gasteiger partial charge in [0, 0.05) is 24.0 Å². The molecule has 0 amide bonds. The second-order valence-electron chi connectivity index (χ2n) is 6.33. The number of non-ortho nitro benzene ring substituents is 1. The van der Waals surface area contributed by atoms with Gasteiger partial charge < -0.3 is 0 Å². The molecule has 1 heterocycles. The van der Waals surface area contributed by atoms with Gasteiger partial charge in [0.15, 0.2) is 0 Å². The molecule has 0 aliphatic rings. The van der Waals surface area contributed by atoms with E-state index >= 15 is 0 Å². The molecule has 0 radical (unpaired) electrons. The standard InChI is InChI=1S/C19H16Cl2N4O3/c1-10-4-5-13(6-11(10)2)24-19(26)15(12(3)23-24)9-22-18-16(20)7-14(25(27)28)8-17(18)21/h4-9,23H,1-3H3. The molecule has 0 unspecified atom stereocenters. The van der Waals surface area contributed by atoms with Crippen LogP contribution in [0, 0.1) is 30.9 Å². The molecule has 0 atom stereocenters. The number of nitrogens with zero attached hydrogens (tertiary/aromatic N) is 3. The zero-order valence-corrected chi connectivity index (χ0v) is 16.8. The van der Waals surface area contributed by atoms with Gasteiger partial charge in [0.1, 0.15) is 5.69 Å². The van der Waals surface area contributed by atoms with E-state index in [2.05, 4.69) is 10.1 Å². The quantitative estimate of drug-likeness (QED) is 0.364. The second-order valence-corrected chi connectivity index (χ2v) is 7.15. The molecule has 1 N–H and O–H groups in total. The Labute approximate surface area is 170 Å². The van der Waals surface area contributed by atoms with Crippen LogP contribution in [0.1, 0.15) is 22.4 Å². The van der Waals surface area contributed by atoms with Gasteiger partial charge >= 0.3 is 0 Å². The van der Waals surface area contributed by atoms with Crippen LogP contribution >= 0.6 is 23.2 Å². The van der Waals surface area contributed by atoms with Crippen LogP contribution in [0.2, 0.25) is 10.0 Å². The molecular weight excluding hydrogens is 403 g/mol. The summed E-state index contributed by atoms with van der Waals surface area (Å²) in [7, 11) is 0. The Morgan fingerprint density at radius 1 is 1.11 bits per heavy atom. The maximum absolute atomic E-state index is 12.8. The molecule has 0 fully saturated rings. The van der Waals surface area contributed by atoms with Crippen molar-refractivity contribution in [3.05, 3.63) is 83.2 Å². The molecule has 3 rings (SSSR count). The molecule has 1 aromatic heterocycles. The fourth-order valence-corrected chi connectivity index (χ4v) is 3.24. The van der Waals surface area contributed by atoms with E-state index in [-0.39, 0.29) is 27.0 Å². The van der Waals surface area contributed by atoms with Crippen molar-refractivity contribution in [1.82, 2.24) is 9.78 Å². The number of halogens is 2. The van der Waals surface area contributed by atoms with E-state index in [4.69, 9.17) is 23.2 Å². The first-order chi connectivity index (χ1) is 13.2. The summed E-state index contributed by atoms with van der Waals surface area (Å²) in [5, 5.41) is 13.9. The number of nitro groups is 1. The van der Waals surface area contributed by atoms with Crippen LogP contribution in [0.15, 0.2) is 40.1 Å². The molecule has 2 aromatic carbocycles. The number of rotatable bonds is 4. The van der Waals surface area contributed by atoms with E-state index in [1.54, 1.807) is 6.92 Å². The number of benzene rings is 2. The third-order valence-corrected chi connectivity index (χ3v) is 4.98. The maximum atomic E-state index is 12.8. The molecule has 28 heavy (non-hydrogen) atoms. The molecular formula is C19H16Cl2N4O3. The first-order valence-electron chi connectivity index (χ1n) is 8.25. The summed E-state index contributed by atoms with van der Waals surface area (Å²) >= 11 is 12.1. The Hall–Kier alpha value is -2.90. The van der Waals surface area contributed by atoms with Gasteiger partial charge in [-0.05, 0) is 44.0 Å². The summed E-state index contributed by atoms with van der Waals surface area (Å²) in [6, 6.07) is 8.04. The van der Waals surface area contributed by atoms with Gasteiger partial charge in [0.2, 0.25) is 0 Å². The van der Waals surface area contributed by atoms with Gasteiger partial charge in [-0.15, -0.1) is 0 Å². The van der Waals surface area contributed by atoms with Crippen molar-refractivity contribution in [2.75, 3.05) is 0 Å². The lowest BCUT2D eigenvalue weighted by Gasteiger charge is -2.05. The Kier molecular flexibility index (Phi) is 5.40. The average molecular weight is 419 g/mol. The Balaban J connectivity index is 2.02. The lowest BCUT2D eigenvalue weighted by molar-refractivity contribution is -0.384. The predicted octanol–water partition coefficient (Wildman–Crippen LogP) is 5.06. The smallest absolute Gasteiger partial charge is 0.280 e. The molecule has 9 heteroatoms. The first-order valence-corrected chi connectivity index (χ1v) is 9.01. The Morgan fingerprint density at radius 3 is 2.32 bits per heavy atom. The minimum absolute atomic E-state index is 0.0260. The maximum Gasteiger partial charge on any atom is 0.280 e. The fraction of sp³-hybridized carbons (Fsp3) is 0.158. The lowest BCUT2D eigenvalue weighted by atomic mass is 10.1. The summed E-state index contributed by atoms with van der Waals surface area (Å²) in [6.07, 6.45) is 1.35. The topological polar surface area (TPSA) is 93.3 Å². The van der Waals surface area contributed by atoms with Gasteiger partial charge in [-0.3, -0.25) is 25.0 Å². The second kappa shape index (κ2) is 7.61. The third-order valence-electron chi connectivity index (χ3n) is 4.40. The number of aromatic amines is 1. The highest BCUT2D eigenvalue weighted by atomic mass is 35.5. The number of nitrogens with one attached hydrogen (secondary N) is 1. The van der Waals surface area contributed by atoms with Crippen LogP contribution in [-0.4, -0.2) is 20.9 Å². The number of nitro benzene ring substituents is 1. The molecule has 0 saturated carbocycles. The first kappa shape index (κ1) is 19.9. The van der Waals surface area contributed by atoms with Crippen LogP contribution in [-0.2, 0) is 0 Å². The summed E-state index contributed by atoms with van der Waals surface area (Å²) in [4.78, 5) is 27.3. The molecule has 0 aliphatic heterocycles. The summed E-state index contributed by atoms with van der Waals surface area (Å²) in [5.41, 5.74) is 3.50. The van der Waals surface area contributed by atoms with Crippen LogP contribution in [0.3, 0.4) is 0 Å². The Morgan fingerprint density at radius 2 is 1.75 bits per heavy atom. The lowest BCUT2D eigenvalue weighted by Crippen LogP contribution is -2.17. The molecule has 0 bridgehead atoms. The Bertz CT molecular complexity index is 1160. The molecule has 0 aliphatic carbocycles. The van der Waals surface area contributed by atoms with Crippen LogP contribution < -0.4 is 5.56 Å². The van der Waals surface area contributed by atoms with Gasteiger partial charge in [0.25, 0.3) is 11.2 Å². The molecule has 144 valence electrons. The van der Waals surface area contributed by atoms with Gasteiger partial charge in [-0.1, -0.05) is 29.3 Å². The number of hydrogen-bond acceptors (Lipinski definition) is 4. The monoisotopic (exact) mass is 418 g/mol. The van der Waals surface area contributed by atoms with Gasteiger partial charge in [-0.2, -0.15) is 0 Å². The highest BCUT2D eigenvalue weighted by molar-refractivity contribution is 6.39. The van der Waals surface area contributed by atoms with E-state index in [9.17, 15) is 14.9 Å². The number of H-pyrrole nitrogens is 1. The minimum atomic E-state index is -0.593. The van der Waals surface area contributed by atoms with Crippen LogP contribution in [0.5, 0.6) is 0 Å². The number of aryl methyl sites for hydroxylation is 3. The van der Waals surface area contributed by atoms with Crippen molar-refractivity contribution >= 4 is 40.8 Å².